The Morgan fingerprint density at radius 1 is 1.44 bits per heavy atom. The molecular formula is C13H17NO4. The van der Waals surface area contributed by atoms with Gasteiger partial charge in [0.2, 0.25) is 5.91 Å². The van der Waals surface area contributed by atoms with Crippen LogP contribution in [0.1, 0.15) is 12.5 Å². The molecule has 0 spiro atoms. The number of methoxy groups -OCH3 is 1. The molecule has 0 aliphatic rings. The summed E-state index contributed by atoms with van der Waals surface area (Å²) in [6.45, 7) is 1.74. The predicted octanol–water partition coefficient (Wildman–Crippen LogP) is 1.37. The fourth-order valence-corrected chi connectivity index (χ4v) is 1.56. The molecular weight excluding hydrogens is 234 g/mol. The molecule has 1 atom stereocenters. The van der Waals surface area contributed by atoms with Gasteiger partial charge in [0.1, 0.15) is 11.7 Å². The van der Waals surface area contributed by atoms with Crippen molar-refractivity contribution in [2.45, 2.75) is 13.5 Å². The van der Waals surface area contributed by atoms with Gasteiger partial charge in [-0.15, -0.1) is 0 Å². The Morgan fingerprint density at radius 3 is 2.67 bits per heavy atom. The molecule has 0 heterocycles. The second-order valence-electron chi connectivity index (χ2n) is 4.11. The summed E-state index contributed by atoms with van der Waals surface area (Å²) in [5.41, 5.74) is 0.891. The molecule has 1 rings (SSSR count). The molecule has 1 N–H and O–H groups in total. The Hall–Kier alpha value is -2.04. The summed E-state index contributed by atoms with van der Waals surface area (Å²) in [6.07, 6.45) is 0. The molecule has 0 radical (unpaired) electrons. The molecule has 0 fully saturated rings. The molecule has 18 heavy (non-hydrogen) atoms. The van der Waals surface area contributed by atoms with Crippen LogP contribution in [0.3, 0.4) is 0 Å². The van der Waals surface area contributed by atoms with E-state index in [4.69, 9.17) is 9.84 Å². The third-order valence-electron chi connectivity index (χ3n) is 2.67. The van der Waals surface area contributed by atoms with Gasteiger partial charge in [-0.2, -0.15) is 0 Å². The van der Waals surface area contributed by atoms with Gasteiger partial charge in [0.25, 0.3) is 0 Å². The number of carboxylic acid groups (broad SMARTS) is 1. The van der Waals surface area contributed by atoms with Crippen molar-refractivity contribution >= 4 is 11.9 Å². The number of ether oxygens (including phenoxy) is 1. The van der Waals surface area contributed by atoms with Crippen molar-refractivity contribution in [2.75, 3.05) is 14.2 Å². The standard InChI is InChI=1S/C13H17NO4/c1-9(13(16)17)12(15)14(2)8-10-5-4-6-11(7-10)18-3/h4-7,9H,8H2,1-3H3,(H,16,17). The lowest BCUT2D eigenvalue weighted by Crippen LogP contribution is -2.34. The fourth-order valence-electron chi connectivity index (χ4n) is 1.56. The Morgan fingerprint density at radius 2 is 2.11 bits per heavy atom. The summed E-state index contributed by atoms with van der Waals surface area (Å²) < 4.78 is 5.09. The SMILES string of the molecule is COc1cccc(CN(C)C(=O)C(C)C(=O)O)c1. The summed E-state index contributed by atoms with van der Waals surface area (Å²) >= 11 is 0. The molecule has 0 aromatic heterocycles. The largest absolute Gasteiger partial charge is 0.497 e. The van der Waals surface area contributed by atoms with Crippen molar-refractivity contribution in [1.29, 1.82) is 0 Å². The van der Waals surface area contributed by atoms with Gasteiger partial charge >= 0.3 is 5.97 Å². The van der Waals surface area contributed by atoms with Gasteiger partial charge in [-0.3, -0.25) is 9.59 Å². The first kappa shape index (κ1) is 14.0. The fraction of sp³-hybridized carbons (Fsp3) is 0.385. The molecule has 0 aliphatic heterocycles. The van der Waals surface area contributed by atoms with E-state index in [1.54, 1.807) is 14.2 Å². The molecule has 1 aromatic rings. The normalized spacial score (nSPS) is 11.7. The summed E-state index contributed by atoms with van der Waals surface area (Å²) in [4.78, 5) is 23.9. The average Bonchev–Trinajstić information content (AvgIpc) is 2.36. The van der Waals surface area contributed by atoms with E-state index in [-0.39, 0.29) is 0 Å². The minimum Gasteiger partial charge on any atom is -0.497 e. The van der Waals surface area contributed by atoms with E-state index in [1.807, 2.05) is 24.3 Å². The number of nitrogens with zero attached hydrogens (tertiary/aromatic N) is 1. The zero-order valence-electron chi connectivity index (χ0n) is 10.7. The Balaban J connectivity index is 2.71. The Kier molecular flexibility index (Phi) is 4.71. The molecule has 0 bridgehead atoms. The molecule has 0 saturated carbocycles. The second-order valence-corrected chi connectivity index (χ2v) is 4.11. The van der Waals surface area contributed by atoms with Crippen LogP contribution < -0.4 is 4.74 Å². The lowest BCUT2D eigenvalue weighted by molar-refractivity contribution is -0.149. The first-order chi connectivity index (χ1) is 8.45. The number of carbonyl (C=O) groups excluding carboxylic acids is 1. The zero-order chi connectivity index (χ0) is 13.7. The number of carbonyl (C=O) groups is 2. The van der Waals surface area contributed by atoms with E-state index in [0.29, 0.717) is 12.3 Å². The van der Waals surface area contributed by atoms with E-state index < -0.39 is 17.8 Å². The minimum atomic E-state index is -1.11. The Labute approximate surface area is 106 Å². The zero-order valence-corrected chi connectivity index (χ0v) is 10.7. The van der Waals surface area contributed by atoms with Gasteiger partial charge < -0.3 is 14.7 Å². The number of hydrogen-bond acceptors (Lipinski definition) is 3. The monoisotopic (exact) mass is 251 g/mol. The molecule has 1 unspecified atom stereocenters. The summed E-state index contributed by atoms with van der Waals surface area (Å²) in [7, 11) is 3.15. The van der Waals surface area contributed by atoms with Crippen molar-refractivity contribution in [1.82, 2.24) is 4.90 Å². The van der Waals surface area contributed by atoms with E-state index >= 15 is 0 Å². The van der Waals surface area contributed by atoms with Crippen LogP contribution in [0, 0.1) is 5.92 Å². The van der Waals surface area contributed by atoms with Crippen LogP contribution in [0.2, 0.25) is 0 Å². The smallest absolute Gasteiger partial charge is 0.315 e. The molecule has 0 aliphatic carbocycles. The van der Waals surface area contributed by atoms with E-state index in [2.05, 4.69) is 0 Å². The molecule has 98 valence electrons. The summed E-state index contributed by atoms with van der Waals surface area (Å²) in [5.74, 6) is -1.84. The number of carboxylic acids is 1. The van der Waals surface area contributed by atoms with Gasteiger partial charge in [0, 0.05) is 13.6 Å². The Bertz CT molecular complexity index is 444. The second kappa shape index (κ2) is 6.05. The lowest BCUT2D eigenvalue weighted by atomic mass is 10.1. The molecule has 0 saturated heterocycles. The van der Waals surface area contributed by atoms with Crippen molar-refractivity contribution < 1.29 is 19.4 Å². The molecule has 1 aromatic carbocycles. The third kappa shape index (κ3) is 3.48. The topological polar surface area (TPSA) is 66.8 Å². The summed E-state index contributed by atoms with van der Waals surface area (Å²) in [6, 6.07) is 7.31. The minimum absolute atomic E-state index is 0.355. The van der Waals surface area contributed by atoms with Crippen LogP contribution in [-0.4, -0.2) is 36.0 Å². The summed E-state index contributed by atoms with van der Waals surface area (Å²) in [5, 5.41) is 8.78. The van der Waals surface area contributed by atoms with E-state index in [1.165, 1.54) is 11.8 Å². The maximum absolute atomic E-state index is 11.8. The van der Waals surface area contributed by atoms with Crippen LogP contribution in [0.5, 0.6) is 5.75 Å². The number of hydrogen-bond donors (Lipinski definition) is 1. The quantitative estimate of drug-likeness (QED) is 0.803. The predicted molar refractivity (Wildman–Crippen MR) is 66.3 cm³/mol. The van der Waals surface area contributed by atoms with Crippen LogP contribution in [0.4, 0.5) is 0 Å². The highest BCUT2D eigenvalue weighted by Gasteiger charge is 2.23. The van der Waals surface area contributed by atoms with Crippen molar-refractivity contribution in [3.63, 3.8) is 0 Å². The van der Waals surface area contributed by atoms with Crippen LogP contribution >= 0.6 is 0 Å². The molecule has 5 nitrogen and oxygen atoms in total. The number of benzene rings is 1. The van der Waals surface area contributed by atoms with Gasteiger partial charge in [-0.25, -0.2) is 0 Å². The van der Waals surface area contributed by atoms with Crippen LogP contribution in [0.25, 0.3) is 0 Å². The average molecular weight is 251 g/mol. The van der Waals surface area contributed by atoms with Gasteiger partial charge in [-0.05, 0) is 24.6 Å². The number of aliphatic carboxylic acids is 1. The van der Waals surface area contributed by atoms with Crippen LogP contribution in [0.15, 0.2) is 24.3 Å². The van der Waals surface area contributed by atoms with Gasteiger partial charge in [-0.1, -0.05) is 12.1 Å². The van der Waals surface area contributed by atoms with E-state index in [9.17, 15) is 9.59 Å². The van der Waals surface area contributed by atoms with Crippen molar-refractivity contribution in [2.24, 2.45) is 5.92 Å². The molecule has 1 amide bonds. The van der Waals surface area contributed by atoms with Crippen LogP contribution in [-0.2, 0) is 16.1 Å². The third-order valence-corrected chi connectivity index (χ3v) is 2.67. The first-order valence-electron chi connectivity index (χ1n) is 5.56. The van der Waals surface area contributed by atoms with Gasteiger partial charge in [0.05, 0.1) is 7.11 Å². The first-order valence-corrected chi connectivity index (χ1v) is 5.56. The highest BCUT2D eigenvalue weighted by molar-refractivity contribution is 5.96. The van der Waals surface area contributed by atoms with Crippen molar-refractivity contribution in [3.05, 3.63) is 29.8 Å². The van der Waals surface area contributed by atoms with Crippen molar-refractivity contribution in [3.8, 4) is 5.75 Å². The lowest BCUT2D eigenvalue weighted by Gasteiger charge is -2.19. The highest BCUT2D eigenvalue weighted by Crippen LogP contribution is 2.14. The maximum atomic E-state index is 11.8. The van der Waals surface area contributed by atoms with E-state index in [0.717, 1.165) is 5.56 Å². The highest BCUT2D eigenvalue weighted by atomic mass is 16.5. The number of rotatable bonds is 5. The van der Waals surface area contributed by atoms with Gasteiger partial charge in [0.15, 0.2) is 0 Å². The maximum Gasteiger partial charge on any atom is 0.315 e. The molecule has 5 heteroatoms. The number of amides is 1.